The van der Waals surface area contributed by atoms with Gasteiger partial charge in [-0.25, -0.2) is 14.4 Å². The van der Waals surface area contributed by atoms with Gasteiger partial charge in [0.05, 0.1) is 35.7 Å². The van der Waals surface area contributed by atoms with Crippen molar-refractivity contribution in [3.8, 4) is 28.7 Å². The molecule has 0 bridgehead atoms. The Labute approximate surface area is 208 Å². The van der Waals surface area contributed by atoms with Gasteiger partial charge in [0.15, 0.2) is 5.82 Å². The van der Waals surface area contributed by atoms with Gasteiger partial charge in [-0.1, -0.05) is 6.42 Å². The van der Waals surface area contributed by atoms with Crippen LogP contribution < -0.4 is 10.1 Å². The lowest BCUT2D eigenvalue weighted by Gasteiger charge is -2.34. The van der Waals surface area contributed by atoms with Gasteiger partial charge in [0.2, 0.25) is 12.2 Å². The first-order valence-corrected chi connectivity index (χ1v) is 12.3. The molecule has 2 aromatic heterocycles. The van der Waals surface area contributed by atoms with Crippen molar-refractivity contribution in [3.05, 3.63) is 48.2 Å². The molecule has 3 aromatic rings. The van der Waals surface area contributed by atoms with Crippen LogP contribution in [0, 0.1) is 11.2 Å². The smallest absolute Gasteiger partial charge is 0.317 e. The minimum Gasteiger partial charge on any atom is -0.460 e. The summed E-state index contributed by atoms with van der Waals surface area (Å²) in [7, 11) is 1.58. The number of hydrogen-bond acceptors (Lipinski definition) is 7. The fourth-order valence-electron chi connectivity index (χ4n) is 4.57. The molecule has 1 aliphatic carbocycles. The summed E-state index contributed by atoms with van der Waals surface area (Å²) < 4.78 is 31.5. The molecule has 0 unspecified atom stereocenters. The number of aromatic nitrogens is 4. The van der Waals surface area contributed by atoms with Crippen molar-refractivity contribution in [1.82, 2.24) is 25.3 Å². The topological polar surface area (TPSA) is 111 Å². The maximum atomic E-state index is 13.6. The minimum atomic E-state index is -0.796. The van der Waals surface area contributed by atoms with E-state index in [0.717, 1.165) is 25.7 Å². The molecule has 2 fully saturated rings. The number of benzene rings is 1. The summed E-state index contributed by atoms with van der Waals surface area (Å²) in [6, 6.07) is 8.16. The van der Waals surface area contributed by atoms with Gasteiger partial charge < -0.3 is 24.5 Å². The summed E-state index contributed by atoms with van der Waals surface area (Å²) in [6.45, 7) is 2.13. The van der Waals surface area contributed by atoms with Gasteiger partial charge in [-0.3, -0.25) is 4.79 Å². The Balaban J connectivity index is 1.45. The molecule has 2 aliphatic rings. The molecule has 0 spiro atoms. The zero-order valence-electron chi connectivity index (χ0n) is 20.4. The van der Waals surface area contributed by atoms with Crippen LogP contribution in [0.3, 0.4) is 0 Å². The summed E-state index contributed by atoms with van der Waals surface area (Å²) in [5.74, 6) is -0.0649. The van der Waals surface area contributed by atoms with Crippen LogP contribution in [-0.2, 0) is 14.3 Å². The second-order valence-corrected chi connectivity index (χ2v) is 9.55. The molecule has 1 aromatic carbocycles. The summed E-state index contributed by atoms with van der Waals surface area (Å²) in [5.41, 5.74) is 1.67. The lowest BCUT2D eigenvalue weighted by Crippen LogP contribution is -2.47. The van der Waals surface area contributed by atoms with Crippen molar-refractivity contribution in [1.29, 1.82) is 0 Å². The second-order valence-electron chi connectivity index (χ2n) is 9.55. The van der Waals surface area contributed by atoms with E-state index in [0.29, 0.717) is 34.5 Å². The number of H-pyrrole nitrogens is 1. The molecule has 5 rings (SSSR count). The number of ether oxygens (including phenoxy) is 3. The van der Waals surface area contributed by atoms with E-state index < -0.39 is 11.7 Å². The molecule has 1 aliphatic heterocycles. The van der Waals surface area contributed by atoms with Crippen molar-refractivity contribution in [3.63, 3.8) is 0 Å². The lowest BCUT2D eigenvalue weighted by atomic mass is 9.91. The Morgan fingerprint density at radius 3 is 2.53 bits per heavy atom. The van der Waals surface area contributed by atoms with Crippen molar-refractivity contribution in [2.24, 2.45) is 5.41 Å². The van der Waals surface area contributed by atoms with E-state index in [1.165, 1.54) is 18.6 Å². The van der Waals surface area contributed by atoms with E-state index in [4.69, 9.17) is 19.2 Å². The fraction of sp³-hybridized carbons (Fsp3) is 0.462. The molecule has 3 heterocycles. The first-order valence-electron chi connectivity index (χ1n) is 12.3. The third-order valence-electron chi connectivity index (χ3n) is 6.66. The van der Waals surface area contributed by atoms with Crippen LogP contribution in [0.1, 0.15) is 51.1 Å². The number of amides is 1. The Bertz CT molecular complexity index is 1200. The maximum absolute atomic E-state index is 13.6. The van der Waals surface area contributed by atoms with Gasteiger partial charge in [0.1, 0.15) is 11.9 Å². The van der Waals surface area contributed by atoms with E-state index in [1.54, 1.807) is 38.4 Å². The molecule has 0 radical (unpaired) electrons. The number of aromatic amines is 1. The molecule has 9 nitrogen and oxygen atoms in total. The monoisotopic (exact) mass is 495 g/mol. The zero-order valence-corrected chi connectivity index (χ0v) is 20.4. The summed E-state index contributed by atoms with van der Waals surface area (Å²) in [5, 5.41) is 2.65. The average Bonchev–Trinajstić information content (AvgIpc) is 3.35. The lowest BCUT2D eigenvalue weighted by molar-refractivity contribution is -0.230. The molecule has 190 valence electrons. The maximum Gasteiger partial charge on any atom is 0.317 e. The Hall–Kier alpha value is -3.37. The normalized spacial score (nSPS) is 22.8. The van der Waals surface area contributed by atoms with E-state index in [9.17, 15) is 9.18 Å². The van der Waals surface area contributed by atoms with Gasteiger partial charge >= 0.3 is 6.01 Å². The van der Waals surface area contributed by atoms with Crippen LogP contribution in [0.4, 0.5) is 4.39 Å². The third kappa shape index (κ3) is 5.10. The zero-order chi connectivity index (χ0) is 25.1. The number of hydrogen-bond donors (Lipinski definition) is 2. The van der Waals surface area contributed by atoms with Crippen LogP contribution >= 0.6 is 0 Å². The number of nitrogens with one attached hydrogen (secondary N) is 2. The second kappa shape index (κ2) is 10.3. The Morgan fingerprint density at radius 1 is 1.11 bits per heavy atom. The molecule has 36 heavy (non-hydrogen) atoms. The molecular formula is C26H30FN5O4. The van der Waals surface area contributed by atoms with Crippen molar-refractivity contribution < 1.29 is 23.4 Å². The van der Waals surface area contributed by atoms with Crippen molar-refractivity contribution >= 4 is 5.91 Å². The van der Waals surface area contributed by atoms with Crippen LogP contribution in [0.2, 0.25) is 0 Å². The highest BCUT2D eigenvalue weighted by molar-refractivity contribution is 5.82. The fourth-order valence-corrected chi connectivity index (χ4v) is 4.57. The van der Waals surface area contributed by atoms with Crippen LogP contribution in [0.5, 0.6) is 6.01 Å². The summed E-state index contributed by atoms with van der Waals surface area (Å²) in [4.78, 5) is 29.2. The van der Waals surface area contributed by atoms with Crippen molar-refractivity contribution in [2.45, 2.75) is 51.4 Å². The third-order valence-corrected chi connectivity index (χ3v) is 6.66. The number of halogens is 1. The Morgan fingerprint density at radius 2 is 1.83 bits per heavy atom. The molecule has 0 atom stereocenters. The first-order chi connectivity index (χ1) is 17.4. The number of nitrogens with zero attached hydrogens (tertiary/aromatic N) is 3. The van der Waals surface area contributed by atoms with E-state index in [1.807, 2.05) is 0 Å². The number of carbonyl (C=O) groups excluding carboxylic acids is 1. The molecule has 1 saturated heterocycles. The highest BCUT2D eigenvalue weighted by Crippen LogP contribution is 2.36. The standard InChI is InChI=1S/C26H30FN5O4/c1-26(24(33)28-2)14-34-23(35-15-26)22-31-20(16-8-10-17(27)11-9-16)21(32-22)19-12-13-29-25(30-19)36-18-6-4-3-5-7-18/h8-13,18,23H,3-7,14-15H2,1-2H3,(H,28,33)(H,31,32). The minimum absolute atomic E-state index is 0.113. The van der Waals surface area contributed by atoms with Gasteiger partial charge in [0.25, 0.3) is 0 Å². The number of rotatable bonds is 6. The molecular weight excluding hydrogens is 465 g/mol. The van der Waals surface area contributed by atoms with Gasteiger partial charge in [-0.05, 0) is 62.9 Å². The highest BCUT2D eigenvalue weighted by atomic mass is 19.1. The van der Waals surface area contributed by atoms with Crippen LogP contribution in [0.15, 0.2) is 36.5 Å². The number of imidazole rings is 1. The van der Waals surface area contributed by atoms with Gasteiger partial charge in [-0.2, -0.15) is 4.98 Å². The predicted molar refractivity (Wildman–Crippen MR) is 129 cm³/mol. The molecule has 10 heteroatoms. The van der Waals surface area contributed by atoms with E-state index in [2.05, 4.69) is 20.3 Å². The highest BCUT2D eigenvalue weighted by Gasteiger charge is 2.40. The van der Waals surface area contributed by atoms with Gasteiger partial charge in [-0.15, -0.1) is 0 Å². The van der Waals surface area contributed by atoms with Crippen LogP contribution in [0.25, 0.3) is 22.6 Å². The van der Waals surface area contributed by atoms with Gasteiger partial charge in [0, 0.05) is 18.8 Å². The first kappa shape index (κ1) is 24.3. The number of carbonyl (C=O) groups is 1. The quantitative estimate of drug-likeness (QED) is 0.528. The van der Waals surface area contributed by atoms with Crippen LogP contribution in [-0.4, -0.2) is 52.2 Å². The largest absolute Gasteiger partial charge is 0.460 e. The summed E-state index contributed by atoms with van der Waals surface area (Å²) in [6.07, 6.45) is 6.47. The van der Waals surface area contributed by atoms with Crippen molar-refractivity contribution in [2.75, 3.05) is 20.3 Å². The Kier molecular flexibility index (Phi) is 6.97. The SMILES string of the molecule is CNC(=O)C1(C)COC(c2nc(-c3ccc(F)cc3)c(-c3ccnc(OC4CCCCC4)n3)[nH]2)OC1. The summed E-state index contributed by atoms with van der Waals surface area (Å²) >= 11 is 0. The molecule has 2 N–H and O–H groups in total. The molecule has 1 amide bonds. The van der Waals surface area contributed by atoms with E-state index in [-0.39, 0.29) is 31.0 Å². The average molecular weight is 496 g/mol. The molecule has 1 saturated carbocycles. The predicted octanol–water partition coefficient (Wildman–Crippen LogP) is 4.18. The van der Waals surface area contributed by atoms with E-state index >= 15 is 0 Å².